The molecule has 0 bridgehead atoms. The molecule has 1 fully saturated rings. The third-order valence-corrected chi connectivity index (χ3v) is 4.51. The number of nitrogens with two attached hydrogens (primary N) is 1. The lowest BCUT2D eigenvalue weighted by atomic mass is 10.1. The van der Waals surface area contributed by atoms with Crippen LogP contribution < -0.4 is 5.73 Å². The minimum atomic E-state index is 0.799. The Hall–Kier alpha value is -1.39. The highest BCUT2D eigenvalue weighted by atomic mass is 32.1. The van der Waals surface area contributed by atoms with Gasteiger partial charge in [-0.25, -0.2) is 4.98 Å². The zero-order chi connectivity index (χ0) is 13.1. The summed E-state index contributed by atoms with van der Waals surface area (Å²) in [5.41, 5.74) is 8.73. The van der Waals surface area contributed by atoms with Crippen molar-refractivity contribution in [1.82, 2.24) is 9.88 Å². The van der Waals surface area contributed by atoms with Gasteiger partial charge in [0, 0.05) is 29.6 Å². The fourth-order valence-electron chi connectivity index (χ4n) is 2.47. The fraction of sp³-hybridized carbons (Fsp3) is 0.400. The van der Waals surface area contributed by atoms with Crippen LogP contribution in [0.25, 0.3) is 11.3 Å². The number of nitrogen functional groups attached to an aromatic ring is 1. The van der Waals surface area contributed by atoms with Gasteiger partial charge >= 0.3 is 0 Å². The molecule has 1 aliphatic rings. The molecule has 2 N–H and O–H groups in total. The molecule has 0 amide bonds. The molecular weight excluding hydrogens is 254 g/mol. The molecule has 0 radical (unpaired) electrons. The summed E-state index contributed by atoms with van der Waals surface area (Å²) in [6, 6.07) is 7.93. The van der Waals surface area contributed by atoms with E-state index in [-0.39, 0.29) is 0 Å². The highest BCUT2D eigenvalue weighted by molar-refractivity contribution is 7.09. The first-order chi connectivity index (χ1) is 9.31. The first-order valence-electron chi connectivity index (χ1n) is 6.84. The summed E-state index contributed by atoms with van der Waals surface area (Å²) in [6.45, 7) is 3.67. The monoisotopic (exact) mass is 273 g/mol. The highest BCUT2D eigenvalue weighted by Crippen LogP contribution is 2.23. The molecule has 1 aromatic carbocycles. The van der Waals surface area contributed by atoms with Crippen LogP contribution in [0, 0.1) is 0 Å². The summed E-state index contributed by atoms with van der Waals surface area (Å²) in [5, 5.41) is 3.38. The summed E-state index contributed by atoms with van der Waals surface area (Å²) in [4.78, 5) is 7.25. The van der Waals surface area contributed by atoms with E-state index in [9.17, 15) is 0 Å². The predicted octanol–water partition coefficient (Wildman–Crippen LogP) is 3.03. The number of benzene rings is 1. The van der Waals surface area contributed by atoms with E-state index in [0.717, 1.165) is 29.9 Å². The Morgan fingerprint density at radius 3 is 2.63 bits per heavy atom. The molecule has 2 heterocycles. The smallest absolute Gasteiger partial charge is 0.0945 e. The predicted molar refractivity (Wildman–Crippen MR) is 81.3 cm³/mol. The molecule has 3 rings (SSSR count). The molecule has 2 aromatic rings. The molecule has 0 saturated carbocycles. The minimum absolute atomic E-state index is 0.799. The van der Waals surface area contributed by atoms with Crippen LogP contribution in [0.5, 0.6) is 0 Å². The average Bonchev–Trinajstić information content (AvgIpc) is 3.09. The maximum Gasteiger partial charge on any atom is 0.0945 e. The fourth-order valence-corrected chi connectivity index (χ4v) is 3.27. The van der Waals surface area contributed by atoms with Gasteiger partial charge in [-0.2, -0.15) is 0 Å². The van der Waals surface area contributed by atoms with Gasteiger partial charge in [0.15, 0.2) is 0 Å². The minimum Gasteiger partial charge on any atom is -0.399 e. The van der Waals surface area contributed by atoms with E-state index in [4.69, 9.17) is 10.7 Å². The molecular formula is C15H19N3S. The van der Waals surface area contributed by atoms with Gasteiger partial charge in [0.25, 0.3) is 0 Å². The number of aromatic nitrogens is 1. The molecule has 4 heteroatoms. The van der Waals surface area contributed by atoms with Crippen molar-refractivity contribution in [2.75, 3.05) is 25.4 Å². The number of nitrogens with zero attached hydrogens (tertiary/aromatic N) is 2. The van der Waals surface area contributed by atoms with E-state index < -0.39 is 0 Å². The summed E-state index contributed by atoms with van der Waals surface area (Å²) < 4.78 is 0. The summed E-state index contributed by atoms with van der Waals surface area (Å²) in [5.74, 6) is 0. The van der Waals surface area contributed by atoms with Gasteiger partial charge < -0.3 is 10.6 Å². The van der Waals surface area contributed by atoms with Crippen molar-refractivity contribution >= 4 is 17.0 Å². The van der Waals surface area contributed by atoms with Gasteiger partial charge in [0.05, 0.1) is 10.7 Å². The van der Waals surface area contributed by atoms with Crippen molar-refractivity contribution < 1.29 is 0 Å². The molecule has 1 aromatic heterocycles. The summed E-state index contributed by atoms with van der Waals surface area (Å²) in [6.07, 6.45) is 3.78. The first-order valence-corrected chi connectivity index (χ1v) is 7.72. The quantitative estimate of drug-likeness (QED) is 0.871. The maximum atomic E-state index is 5.70. The highest BCUT2D eigenvalue weighted by Gasteiger charge is 2.12. The third-order valence-electron chi connectivity index (χ3n) is 3.60. The molecule has 1 aliphatic heterocycles. The van der Waals surface area contributed by atoms with Crippen LogP contribution in [-0.4, -0.2) is 29.5 Å². The van der Waals surface area contributed by atoms with Crippen molar-refractivity contribution in [3.05, 3.63) is 34.7 Å². The van der Waals surface area contributed by atoms with Crippen LogP contribution in [0.15, 0.2) is 29.6 Å². The van der Waals surface area contributed by atoms with Crippen molar-refractivity contribution in [1.29, 1.82) is 0 Å². The normalized spacial score (nSPS) is 16.0. The van der Waals surface area contributed by atoms with Gasteiger partial charge in [-0.3, -0.25) is 0 Å². The summed E-state index contributed by atoms with van der Waals surface area (Å²) in [7, 11) is 0. The Kier molecular flexibility index (Phi) is 3.80. The van der Waals surface area contributed by atoms with Crippen LogP contribution in [-0.2, 0) is 6.42 Å². The molecule has 0 aliphatic carbocycles. The molecule has 100 valence electrons. The SMILES string of the molecule is Nc1ccc(-c2csc(CCN3CCCC3)n2)cc1. The number of thiazole rings is 1. The van der Waals surface area contributed by atoms with Crippen LogP contribution in [0.3, 0.4) is 0 Å². The Balaban J connectivity index is 1.63. The number of hydrogen-bond donors (Lipinski definition) is 1. The van der Waals surface area contributed by atoms with Crippen LogP contribution in [0.1, 0.15) is 17.8 Å². The first kappa shape index (κ1) is 12.6. The van der Waals surface area contributed by atoms with Gasteiger partial charge in [0.2, 0.25) is 0 Å². The number of rotatable bonds is 4. The van der Waals surface area contributed by atoms with Crippen molar-refractivity contribution in [2.45, 2.75) is 19.3 Å². The maximum absolute atomic E-state index is 5.70. The van der Waals surface area contributed by atoms with E-state index in [1.807, 2.05) is 24.3 Å². The van der Waals surface area contributed by atoms with Crippen LogP contribution in [0.2, 0.25) is 0 Å². The Morgan fingerprint density at radius 1 is 1.16 bits per heavy atom. The van der Waals surface area contributed by atoms with E-state index in [2.05, 4.69) is 10.3 Å². The molecule has 0 atom stereocenters. The second-order valence-corrected chi connectivity index (χ2v) is 5.99. The lowest BCUT2D eigenvalue weighted by molar-refractivity contribution is 0.343. The van der Waals surface area contributed by atoms with Gasteiger partial charge in [-0.15, -0.1) is 11.3 Å². The van der Waals surface area contributed by atoms with E-state index >= 15 is 0 Å². The van der Waals surface area contributed by atoms with Gasteiger partial charge in [-0.1, -0.05) is 12.1 Å². The summed E-state index contributed by atoms with van der Waals surface area (Å²) >= 11 is 1.76. The molecule has 1 saturated heterocycles. The van der Waals surface area contributed by atoms with Crippen LogP contribution in [0.4, 0.5) is 5.69 Å². The van der Waals surface area contributed by atoms with E-state index in [0.29, 0.717) is 0 Å². The van der Waals surface area contributed by atoms with Gasteiger partial charge in [-0.05, 0) is 38.1 Å². The van der Waals surface area contributed by atoms with E-state index in [1.165, 1.54) is 30.9 Å². The number of anilines is 1. The lowest BCUT2D eigenvalue weighted by Crippen LogP contribution is -2.21. The lowest BCUT2D eigenvalue weighted by Gasteiger charge is -2.12. The molecule has 19 heavy (non-hydrogen) atoms. The standard InChI is InChI=1S/C15H19N3S/c16-13-5-3-12(4-6-13)14-11-19-15(17-14)7-10-18-8-1-2-9-18/h3-6,11H,1-2,7-10,16H2. The van der Waals surface area contributed by atoms with Crippen molar-refractivity contribution in [3.8, 4) is 11.3 Å². The zero-order valence-electron chi connectivity index (χ0n) is 11.0. The van der Waals surface area contributed by atoms with Crippen molar-refractivity contribution in [2.24, 2.45) is 0 Å². The average molecular weight is 273 g/mol. The second-order valence-electron chi connectivity index (χ2n) is 5.05. The number of hydrogen-bond acceptors (Lipinski definition) is 4. The molecule has 3 nitrogen and oxygen atoms in total. The Bertz CT molecular complexity index is 527. The third kappa shape index (κ3) is 3.14. The molecule has 0 spiro atoms. The van der Waals surface area contributed by atoms with Crippen molar-refractivity contribution in [3.63, 3.8) is 0 Å². The number of likely N-dealkylation sites (tertiary alicyclic amines) is 1. The Labute approximate surface area is 118 Å². The Morgan fingerprint density at radius 2 is 1.89 bits per heavy atom. The van der Waals surface area contributed by atoms with E-state index in [1.54, 1.807) is 11.3 Å². The van der Waals surface area contributed by atoms with Gasteiger partial charge in [0.1, 0.15) is 0 Å². The largest absolute Gasteiger partial charge is 0.399 e. The zero-order valence-corrected chi connectivity index (χ0v) is 11.8. The second kappa shape index (κ2) is 5.72. The molecule has 0 unspecified atom stereocenters. The topological polar surface area (TPSA) is 42.1 Å². The van der Waals surface area contributed by atoms with Crippen LogP contribution >= 0.6 is 11.3 Å².